The van der Waals surface area contributed by atoms with Crippen LogP contribution in [0.15, 0.2) is 28.4 Å². The average molecular weight is 250 g/mol. The number of aryl methyl sites for hydroxylation is 1. The maximum absolute atomic E-state index is 6.14. The molecule has 4 heteroatoms. The number of hydrogen-bond donors (Lipinski definition) is 1. The number of nitrogens with two attached hydrogens (primary N) is 1. The van der Waals surface area contributed by atoms with Crippen LogP contribution in [-0.4, -0.2) is 11.5 Å². The SMILES string of the molecule is CCC1CC(N)=NN=C1c1ccc(C)c(Cl)c1. The standard InChI is InChI=1S/C13H16ClN3/c1-3-9-7-12(15)16-17-13(9)10-5-4-8(2)11(14)6-10/h4-6,9H,3,7H2,1-2H3,(H2,15,16). The normalized spacial score (nSPS) is 19.8. The third-order valence-electron chi connectivity index (χ3n) is 3.09. The first kappa shape index (κ1) is 12.1. The van der Waals surface area contributed by atoms with Crippen molar-refractivity contribution in [3.63, 3.8) is 0 Å². The van der Waals surface area contributed by atoms with Gasteiger partial charge in [0.25, 0.3) is 0 Å². The Kier molecular flexibility index (Phi) is 3.48. The molecule has 1 aromatic rings. The number of amidine groups is 1. The molecular formula is C13H16ClN3. The van der Waals surface area contributed by atoms with Gasteiger partial charge in [0.05, 0.1) is 5.71 Å². The molecule has 0 amide bonds. The monoisotopic (exact) mass is 249 g/mol. The van der Waals surface area contributed by atoms with E-state index in [1.807, 2.05) is 25.1 Å². The molecule has 0 aromatic heterocycles. The van der Waals surface area contributed by atoms with Crippen molar-refractivity contribution in [2.45, 2.75) is 26.7 Å². The molecule has 0 saturated carbocycles. The van der Waals surface area contributed by atoms with E-state index in [2.05, 4.69) is 17.1 Å². The maximum Gasteiger partial charge on any atom is 0.123 e. The highest BCUT2D eigenvalue weighted by atomic mass is 35.5. The third-order valence-corrected chi connectivity index (χ3v) is 3.50. The molecule has 1 aliphatic heterocycles. The molecule has 0 bridgehead atoms. The fourth-order valence-electron chi connectivity index (χ4n) is 1.97. The lowest BCUT2D eigenvalue weighted by molar-refractivity contribution is 0.677. The quantitative estimate of drug-likeness (QED) is 0.860. The van der Waals surface area contributed by atoms with Crippen molar-refractivity contribution in [1.82, 2.24) is 0 Å². The number of rotatable bonds is 2. The molecule has 1 aromatic carbocycles. The summed E-state index contributed by atoms with van der Waals surface area (Å²) in [5.74, 6) is 0.949. The Bertz CT molecular complexity index is 491. The molecule has 1 heterocycles. The van der Waals surface area contributed by atoms with E-state index in [1.54, 1.807) is 0 Å². The van der Waals surface area contributed by atoms with Crippen LogP contribution >= 0.6 is 11.6 Å². The summed E-state index contributed by atoms with van der Waals surface area (Å²) in [5.41, 5.74) is 8.82. The van der Waals surface area contributed by atoms with Gasteiger partial charge in [-0.1, -0.05) is 30.7 Å². The second-order valence-electron chi connectivity index (χ2n) is 4.35. The Morgan fingerprint density at radius 2 is 2.18 bits per heavy atom. The number of nitrogens with zero attached hydrogens (tertiary/aromatic N) is 2. The van der Waals surface area contributed by atoms with E-state index in [9.17, 15) is 0 Å². The summed E-state index contributed by atoms with van der Waals surface area (Å²) < 4.78 is 0. The zero-order chi connectivity index (χ0) is 12.4. The van der Waals surface area contributed by atoms with Gasteiger partial charge in [0, 0.05) is 17.4 Å². The predicted molar refractivity (Wildman–Crippen MR) is 72.7 cm³/mol. The number of halogens is 1. The third kappa shape index (κ3) is 2.50. The molecule has 0 radical (unpaired) electrons. The minimum absolute atomic E-state index is 0.339. The van der Waals surface area contributed by atoms with E-state index in [0.29, 0.717) is 11.8 Å². The zero-order valence-corrected chi connectivity index (χ0v) is 10.8. The lowest BCUT2D eigenvalue weighted by Crippen LogP contribution is -2.26. The van der Waals surface area contributed by atoms with Gasteiger partial charge in [-0.15, -0.1) is 5.10 Å². The summed E-state index contributed by atoms with van der Waals surface area (Å²) in [7, 11) is 0. The minimum Gasteiger partial charge on any atom is -0.386 e. The van der Waals surface area contributed by atoms with Crippen LogP contribution in [0.3, 0.4) is 0 Å². The van der Waals surface area contributed by atoms with Crippen LogP contribution in [0.4, 0.5) is 0 Å². The summed E-state index contributed by atoms with van der Waals surface area (Å²) in [5, 5.41) is 8.97. The van der Waals surface area contributed by atoms with Gasteiger partial charge in [0.2, 0.25) is 0 Å². The Labute approximate surface area is 106 Å². The van der Waals surface area contributed by atoms with Crippen LogP contribution in [-0.2, 0) is 0 Å². The van der Waals surface area contributed by atoms with Crippen molar-refractivity contribution in [2.24, 2.45) is 21.9 Å². The molecular weight excluding hydrogens is 234 g/mol. The first-order chi connectivity index (χ1) is 8.11. The molecule has 2 N–H and O–H groups in total. The van der Waals surface area contributed by atoms with Gasteiger partial charge in [0.15, 0.2) is 0 Å². The van der Waals surface area contributed by atoms with E-state index in [1.165, 1.54) is 0 Å². The molecule has 3 nitrogen and oxygen atoms in total. The van der Waals surface area contributed by atoms with E-state index in [4.69, 9.17) is 17.3 Å². The van der Waals surface area contributed by atoms with Crippen molar-refractivity contribution in [2.75, 3.05) is 0 Å². The van der Waals surface area contributed by atoms with Gasteiger partial charge < -0.3 is 5.73 Å². The van der Waals surface area contributed by atoms with Gasteiger partial charge in [0.1, 0.15) is 5.84 Å². The van der Waals surface area contributed by atoms with E-state index in [-0.39, 0.29) is 0 Å². The Hall–Kier alpha value is -1.35. The lowest BCUT2D eigenvalue weighted by Gasteiger charge is -2.20. The highest BCUT2D eigenvalue weighted by Gasteiger charge is 2.21. The Morgan fingerprint density at radius 3 is 2.82 bits per heavy atom. The van der Waals surface area contributed by atoms with E-state index >= 15 is 0 Å². The topological polar surface area (TPSA) is 50.7 Å². The maximum atomic E-state index is 6.14. The summed E-state index contributed by atoms with van der Waals surface area (Å²) in [6.45, 7) is 4.12. The highest BCUT2D eigenvalue weighted by Crippen LogP contribution is 2.24. The molecule has 90 valence electrons. The zero-order valence-electron chi connectivity index (χ0n) is 10.1. The van der Waals surface area contributed by atoms with Crippen molar-refractivity contribution in [3.05, 3.63) is 34.3 Å². The van der Waals surface area contributed by atoms with Crippen LogP contribution in [0.2, 0.25) is 5.02 Å². The summed E-state index contributed by atoms with van der Waals surface area (Å²) >= 11 is 6.14. The fourth-order valence-corrected chi connectivity index (χ4v) is 2.15. The summed E-state index contributed by atoms with van der Waals surface area (Å²) in [4.78, 5) is 0. The molecule has 2 rings (SSSR count). The fraction of sp³-hybridized carbons (Fsp3) is 0.385. The number of hydrogen-bond acceptors (Lipinski definition) is 3. The molecule has 17 heavy (non-hydrogen) atoms. The van der Waals surface area contributed by atoms with Crippen molar-refractivity contribution < 1.29 is 0 Å². The summed E-state index contributed by atoms with van der Waals surface area (Å²) in [6, 6.07) is 6.00. The molecule has 1 atom stereocenters. The van der Waals surface area contributed by atoms with Gasteiger partial charge in [-0.3, -0.25) is 0 Å². The van der Waals surface area contributed by atoms with E-state index < -0.39 is 0 Å². The van der Waals surface area contributed by atoms with Crippen LogP contribution in [0.5, 0.6) is 0 Å². The van der Waals surface area contributed by atoms with Crippen LogP contribution in [0, 0.1) is 12.8 Å². The second kappa shape index (κ2) is 4.88. The predicted octanol–water partition coefficient (Wildman–Crippen LogP) is 3.14. The number of benzene rings is 1. The molecule has 0 saturated heterocycles. The second-order valence-corrected chi connectivity index (χ2v) is 4.76. The van der Waals surface area contributed by atoms with E-state index in [0.717, 1.165) is 34.7 Å². The van der Waals surface area contributed by atoms with Crippen molar-refractivity contribution in [1.29, 1.82) is 0 Å². The van der Waals surface area contributed by atoms with Gasteiger partial charge in [-0.05, 0) is 30.5 Å². The molecule has 1 unspecified atom stereocenters. The molecule has 1 aliphatic rings. The van der Waals surface area contributed by atoms with Gasteiger partial charge >= 0.3 is 0 Å². The van der Waals surface area contributed by atoms with Crippen LogP contribution in [0.1, 0.15) is 30.9 Å². The summed E-state index contributed by atoms with van der Waals surface area (Å²) in [6.07, 6.45) is 1.78. The van der Waals surface area contributed by atoms with Crippen molar-refractivity contribution >= 4 is 23.1 Å². The smallest absolute Gasteiger partial charge is 0.123 e. The van der Waals surface area contributed by atoms with Gasteiger partial charge in [-0.2, -0.15) is 5.10 Å². The minimum atomic E-state index is 0.339. The van der Waals surface area contributed by atoms with Crippen LogP contribution in [0.25, 0.3) is 0 Å². The Balaban J connectivity index is 2.40. The Morgan fingerprint density at radius 1 is 1.41 bits per heavy atom. The first-order valence-corrected chi connectivity index (χ1v) is 6.16. The largest absolute Gasteiger partial charge is 0.386 e. The first-order valence-electron chi connectivity index (χ1n) is 5.78. The molecule has 0 fully saturated rings. The average Bonchev–Trinajstić information content (AvgIpc) is 2.32. The lowest BCUT2D eigenvalue weighted by atomic mass is 9.90. The van der Waals surface area contributed by atoms with Crippen LogP contribution < -0.4 is 5.73 Å². The highest BCUT2D eigenvalue weighted by molar-refractivity contribution is 6.31. The molecule has 0 aliphatic carbocycles. The van der Waals surface area contributed by atoms with Gasteiger partial charge in [-0.25, -0.2) is 0 Å². The van der Waals surface area contributed by atoms with Crippen molar-refractivity contribution in [3.8, 4) is 0 Å². The molecule has 0 spiro atoms.